The number of amides is 1. The quantitative estimate of drug-likeness (QED) is 0.603. The van der Waals surface area contributed by atoms with Gasteiger partial charge in [0.25, 0.3) is 5.91 Å². The predicted molar refractivity (Wildman–Crippen MR) is 41.9 cm³/mol. The van der Waals surface area contributed by atoms with E-state index in [2.05, 4.69) is 11.9 Å². The second-order valence-electron chi connectivity index (χ2n) is 2.26. The highest BCUT2D eigenvalue weighted by Crippen LogP contribution is 2.09. The molecule has 1 aliphatic heterocycles. The zero-order valence-corrected chi connectivity index (χ0v) is 6.30. The zero-order chi connectivity index (χ0) is 8.10. The highest BCUT2D eigenvalue weighted by molar-refractivity contribution is 5.93. The van der Waals surface area contributed by atoms with Crippen molar-refractivity contribution in [1.29, 1.82) is 0 Å². The number of hydrogen-bond acceptors (Lipinski definition) is 2. The molecular weight excluding hydrogens is 142 g/mol. The Labute approximate surface area is 65.7 Å². The van der Waals surface area contributed by atoms with Crippen molar-refractivity contribution in [3.8, 4) is 0 Å². The fourth-order valence-corrected chi connectivity index (χ4v) is 0.833. The summed E-state index contributed by atoms with van der Waals surface area (Å²) in [5, 5.41) is 2.67. The molecular formula is C8H11NO2. The van der Waals surface area contributed by atoms with E-state index >= 15 is 0 Å². The Kier molecular flexibility index (Phi) is 2.72. The van der Waals surface area contributed by atoms with Crippen LogP contribution in [0.3, 0.4) is 0 Å². The molecule has 3 heteroatoms. The molecule has 0 aliphatic carbocycles. The lowest BCUT2D eigenvalue weighted by Crippen LogP contribution is -2.24. The monoisotopic (exact) mass is 153 g/mol. The Hall–Kier alpha value is -1.25. The van der Waals surface area contributed by atoms with Gasteiger partial charge < -0.3 is 10.1 Å². The lowest BCUT2D eigenvalue weighted by atomic mass is 10.2. The molecule has 0 spiro atoms. The molecule has 0 bridgehead atoms. The third-order valence-corrected chi connectivity index (χ3v) is 1.41. The van der Waals surface area contributed by atoms with E-state index < -0.39 is 0 Å². The molecule has 1 amide bonds. The summed E-state index contributed by atoms with van der Waals surface area (Å²) in [6, 6.07) is 0. The van der Waals surface area contributed by atoms with Crippen molar-refractivity contribution in [2.24, 2.45) is 0 Å². The minimum atomic E-state index is -0.0533. The van der Waals surface area contributed by atoms with E-state index in [4.69, 9.17) is 4.74 Å². The summed E-state index contributed by atoms with van der Waals surface area (Å²) in [5.41, 5.74) is 0.715. The Balaban J connectivity index is 2.34. The standard InChI is InChI=1S/C8H11NO2/c1-2-4-9-8(10)7-3-5-11-6-7/h2,6H,1,3-5H2,(H,9,10). The average molecular weight is 153 g/mol. The fourth-order valence-electron chi connectivity index (χ4n) is 0.833. The summed E-state index contributed by atoms with van der Waals surface area (Å²) < 4.78 is 4.91. The van der Waals surface area contributed by atoms with Crippen LogP contribution in [-0.4, -0.2) is 19.1 Å². The van der Waals surface area contributed by atoms with Crippen LogP contribution >= 0.6 is 0 Å². The molecule has 0 aromatic heterocycles. The Morgan fingerprint density at radius 3 is 3.27 bits per heavy atom. The van der Waals surface area contributed by atoms with Gasteiger partial charge in [-0.1, -0.05) is 6.08 Å². The molecule has 60 valence electrons. The van der Waals surface area contributed by atoms with Gasteiger partial charge in [0.15, 0.2) is 0 Å². The van der Waals surface area contributed by atoms with Crippen LogP contribution in [0.5, 0.6) is 0 Å². The summed E-state index contributed by atoms with van der Waals surface area (Å²) >= 11 is 0. The van der Waals surface area contributed by atoms with E-state index in [-0.39, 0.29) is 5.91 Å². The molecule has 1 aliphatic rings. The van der Waals surface area contributed by atoms with Gasteiger partial charge in [-0.05, 0) is 0 Å². The third-order valence-electron chi connectivity index (χ3n) is 1.41. The minimum Gasteiger partial charge on any atom is -0.500 e. The molecule has 1 heterocycles. The van der Waals surface area contributed by atoms with Crippen molar-refractivity contribution >= 4 is 5.91 Å². The van der Waals surface area contributed by atoms with E-state index in [1.54, 1.807) is 6.08 Å². The molecule has 1 rings (SSSR count). The molecule has 0 radical (unpaired) electrons. The van der Waals surface area contributed by atoms with Crippen molar-refractivity contribution in [3.05, 3.63) is 24.5 Å². The van der Waals surface area contributed by atoms with Gasteiger partial charge in [0.2, 0.25) is 0 Å². The van der Waals surface area contributed by atoms with Crippen molar-refractivity contribution < 1.29 is 9.53 Å². The van der Waals surface area contributed by atoms with Crippen LogP contribution in [0.1, 0.15) is 6.42 Å². The van der Waals surface area contributed by atoms with Gasteiger partial charge in [-0.25, -0.2) is 0 Å². The molecule has 0 aromatic carbocycles. The first kappa shape index (κ1) is 7.85. The number of ether oxygens (including phenoxy) is 1. The SMILES string of the molecule is C=CCNC(=O)C1=COCC1. The maximum Gasteiger partial charge on any atom is 0.250 e. The van der Waals surface area contributed by atoms with E-state index in [0.29, 0.717) is 25.1 Å². The molecule has 0 fully saturated rings. The summed E-state index contributed by atoms with van der Waals surface area (Å²) in [6.07, 6.45) is 3.87. The molecule has 0 aromatic rings. The number of carbonyl (C=O) groups excluding carboxylic acids is 1. The van der Waals surface area contributed by atoms with Crippen LogP contribution in [0.15, 0.2) is 24.5 Å². The van der Waals surface area contributed by atoms with Crippen molar-refractivity contribution in [2.45, 2.75) is 6.42 Å². The molecule has 11 heavy (non-hydrogen) atoms. The van der Waals surface area contributed by atoms with Crippen LogP contribution in [0.4, 0.5) is 0 Å². The predicted octanol–water partition coefficient (Wildman–Crippen LogP) is 0.593. The smallest absolute Gasteiger partial charge is 0.250 e. The molecule has 0 unspecified atom stereocenters. The van der Waals surface area contributed by atoms with E-state index in [1.165, 1.54) is 6.26 Å². The van der Waals surface area contributed by atoms with Crippen LogP contribution in [0, 0.1) is 0 Å². The summed E-state index contributed by atoms with van der Waals surface area (Å²) in [5.74, 6) is -0.0533. The maximum atomic E-state index is 11.1. The van der Waals surface area contributed by atoms with Gasteiger partial charge in [0.05, 0.1) is 18.4 Å². The first-order valence-electron chi connectivity index (χ1n) is 3.54. The second kappa shape index (κ2) is 3.81. The Morgan fingerprint density at radius 1 is 1.91 bits per heavy atom. The Bertz CT molecular complexity index is 196. The fraction of sp³-hybridized carbons (Fsp3) is 0.375. The number of carbonyl (C=O) groups is 1. The summed E-state index contributed by atoms with van der Waals surface area (Å²) in [7, 11) is 0. The number of rotatable bonds is 3. The first-order valence-corrected chi connectivity index (χ1v) is 3.54. The minimum absolute atomic E-state index is 0.0533. The number of nitrogens with one attached hydrogen (secondary N) is 1. The van der Waals surface area contributed by atoms with Crippen molar-refractivity contribution in [3.63, 3.8) is 0 Å². The lowest BCUT2D eigenvalue weighted by molar-refractivity contribution is -0.117. The van der Waals surface area contributed by atoms with E-state index in [9.17, 15) is 4.79 Å². The number of hydrogen-bond donors (Lipinski definition) is 1. The van der Waals surface area contributed by atoms with Crippen molar-refractivity contribution in [1.82, 2.24) is 5.32 Å². The normalized spacial score (nSPS) is 15.1. The van der Waals surface area contributed by atoms with Crippen LogP contribution < -0.4 is 5.32 Å². The van der Waals surface area contributed by atoms with Gasteiger partial charge in [-0.3, -0.25) is 4.79 Å². The maximum absolute atomic E-state index is 11.1. The van der Waals surface area contributed by atoms with Gasteiger partial charge in [0, 0.05) is 13.0 Å². The molecule has 3 nitrogen and oxygen atoms in total. The van der Waals surface area contributed by atoms with Gasteiger partial charge >= 0.3 is 0 Å². The lowest BCUT2D eigenvalue weighted by Gasteiger charge is -1.99. The van der Waals surface area contributed by atoms with Crippen molar-refractivity contribution in [2.75, 3.05) is 13.2 Å². The van der Waals surface area contributed by atoms with E-state index in [1.807, 2.05) is 0 Å². The van der Waals surface area contributed by atoms with Crippen LogP contribution in [0.2, 0.25) is 0 Å². The molecule has 0 saturated heterocycles. The van der Waals surface area contributed by atoms with Gasteiger partial charge in [0.1, 0.15) is 0 Å². The second-order valence-corrected chi connectivity index (χ2v) is 2.26. The topological polar surface area (TPSA) is 38.3 Å². The molecule has 1 N–H and O–H groups in total. The largest absolute Gasteiger partial charge is 0.500 e. The third kappa shape index (κ3) is 2.11. The van der Waals surface area contributed by atoms with Gasteiger partial charge in [-0.15, -0.1) is 6.58 Å². The van der Waals surface area contributed by atoms with Crippen LogP contribution in [0.25, 0.3) is 0 Å². The average Bonchev–Trinajstić information content (AvgIpc) is 2.52. The summed E-state index contributed by atoms with van der Waals surface area (Å²) in [4.78, 5) is 11.1. The van der Waals surface area contributed by atoms with Gasteiger partial charge in [-0.2, -0.15) is 0 Å². The zero-order valence-electron chi connectivity index (χ0n) is 6.30. The van der Waals surface area contributed by atoms with E-state index in [0.717, 1.165) is 0 Å². The molecule has 0 saturated carbocycles. The first-order chi connectivity index (χ1) is 5.34. The summed E-state index contributed by atoms with van der Waals surface area (Å²) in [6.45, 7) is 4.63. The Morgan fingerprint density at radius 2 is 2.73 bits per heavy atom. The highest BCUT2D eigenvalue weighted by atomic mass is 16.5. The van der Waals surface area contributed by atoms with Crippen LogP contribution in [-0.2, 0) is 9.53 Å². The highest BCUT2D eigenvalue weighted by Gasteiger charge is 2.12. The molecule has 0 atom stereocenters.